The second kappa shape index (κ2) is 8.08. The van der Waals surface area contributed by atoms with Crippen LogP contribution < -0.4 is 4.74 Å². The Kier molecular flexibility index (Phi) is 5.79. The van der Waals surface area contributed by atoms with Gasteiger partial charge >= 0.3 is 0 Å². The number of hydrogen-bond donors (Lipinski definition) is 0. The fourth-order valence-electron chi connectivity index (χ4n) is 3.26. The quantitative estimate of drug-likeness (QED) is 0.804. The molecule has 144 valence electrons. The van der Waals surface area contributed by atoms with Crippen LogP contribution in [0, 0.1) is 5.82 Å². The van der Waals surface area contributed by atoms with Gasteiger partial charge in [-0.2, -0.15) is 0 Å². The molecule has 27 heavy (non-hydrogen) atoms. The van der Waals surface area contributed by atoms with Gasteiger partial charge in [0.15, 0.2) is 15.9 Å². The molecule has 1 heterocycles. The molecule has 2 aromatic rings. The van der Waals surface area contributed by atoms with Gasteiger partial charge in [0.25, 0.3) is 5.91 Å². The van der Waals surface area contributed by atoms with Gasteiger partial charge in [-0.3, -0.25) is 4.79 Å². The lowest BCUT2D eigenvalue weighted by Crippen LogP contribution is -2.41. The molecule has 0 spiro atoms. The van der Waals surface area contributed by atoms with E-state index in [0.29, 0.717) is 5.75 Å². The first-order valence-electron chi connectivity index (χ1n) is 8.85. The fraction of sp³-hybridized carbons (Fsp3) is 0.350. The minimum absolute atomic E-state index is 0.0780. The number of carbonyl (C=O) groups is 1. The highest BCUT2D eigenvalue weighted by Crippen LogP contribution is 2.31. The van der Waals surface area contributed by atoms with Crippen molar-refractivity contribution in [1.29, 1.82) is 0 Å². The Labute approximate surface area is 158 Å². The summed E-state index contributed by atoms with van der Waals surface area (Å²) in [5.41, 5.74) is 0.167. The Morgan fingerprint density at radius 2 is 1.78 bits per heavy atom. The number of benzene rings is 2. The average Bonchev–Trinajstić information content (AvgIpc) is 2.80. The SMILES string of the molecule is CC(Oc1ccccc1)C(=O)N1CCC(c2ccccc2F)S(=O)(=O)CC1. The topological polar surface area (TPSA) is 63.7 Å². The van der Waals surface area contributed by atoms with E-state index in [1.807, 2.05) is 18.2 Å². The molecule has 3 rings (SSSR count). The van der Waals surface area contributed by atoms with E-state index in [4.69, 9.17) is 4.74 Å². The summed E-state index contributed by atoms with van der Waals surface area (Å²) < 4.78 is 45.1. The molecule has 1 aliphatic heterocycles. The maximum Gasteiger partial charge on any atom is 0.263 e. The number of amides is 1. The summed E-state index contributed by atoms with van der Waals surface area (Å²) in [7, 11) is -3.56. The molecule has 5 nitrogen and oxygen atoms in total. The van der Waals surface area contributed by atoms with Crippen molar-refractivity contribution < 1.29 is 22.3 Å². The normalized spacial score (nSPS) is 20.5. The van der Waals surface area contributed by atoms with Gasteiger partial charge < -0.3 is 9.64 Å². The van der Waals surface area contributed by atoms with Crippen LogP contribution in [0.1, 0.15) is 24.2 Å². The highest BCUT2D eigenvalue weighted by atomic mass is 32.2. The number of carbonyl (C=O) groups excluding carboxylic acids is 1. The zero-order valence-corrected chi connectivity index (χ0v) is 15.9. The van der Waals surface area contributed by atoms with Crippen molar-refractivity contribution in [3.8, 4) is 5.75 Å². The number of rotatable bonds is 4. The van der Waals surface area contributed by atoms with Gasteiger partial charge in [0.1, 0.15) is 11.6 Å². The Hall–Kier alpha value is -2.41. The molecule has 1 aliphatic rings. The van der Waals surface area contributed by atoms with E-state index < -0.39 is 27.0 Å². The third kappa shape index (κ3) is 4.47. The molecular weight excluding hydrogens is 369 g/mol. The third-order valence-electron chi connectivity index (χ3n) is 4.71. The van der Waals surface area contributed by atoms with Crippen LogP contribution in [0.3, 0.4) is 0 Å². The monoisotopic (exact) mass is 391 g/mol. The summed E-state index contributed by atoms with van der Waals surface area (Å²) in [6.07, 6.45) is -0.576. The molecule has 2 aromatic carbocycles. The predicted molar refractivity (Wildman–Crippen MR) is 101 cm³/mol. The summed E-state index contributed by atoms with van der Waals surface area (Å²) in [4.78, 5) is 14.2. The van der Waals surface area contributed by atoms with Crippen molar-refractivity contribution in [3.05, 3.63) is 66.0 Å². The number of hydrogen-bond acceptors (Lipinski definition) is 4. The van der Waals surface area contributed by atoms with E-state index in [9.17, 15) is 17.6 Å². The van der Waals surface area contributed by atoms with Crippen molar-refractivity contribution in [2.75, 3.05) is 18.8 Å². The van der Waals surface area contributed by atoms with Crippen molar-refractivity contribution in [3.63, 3.8) is 0 Å². The van der Waals surface area contributed by atoms with Crippen LogP contribution in [-0.4, -0.2) is 44.2 Å². The number of ether oxygens (including phenoxy) is 1. The maximum atomic E-state index is 14.1. The molecule has 7 heteroatoms. The van der Waals surface area contributed by atoms with Crippen LogP contribution in [-0.2, 0) is 14.6 Å². The molecule has 1 saturated heterocycles. The molecule has 0 N–H and O–H groups in total. The lowest BCUT2D eigenvalue weighted by molar-refractivity contribution is -0.137. The Morgan fingerprint density at radius 1 is 1.11 bits per heavy atom. The molecule has 0 bridgehead atoms. The van der Waals surface area contributed by atoms with Gasteiger partial charge in [0.2, 0.25) is 0 Å². The predicted octanol–water partition coefficient (Wildman–Crippen LogP) is 2.98. The molecule has 0 saturated carbocycles. The average molecular weight is 391 g/mol. The van der Waals surface area contributed by atoms with Gasteiger partial charge in [0.05, 0.1) is 11.0 Å². The number of nitrogens with zero attached hydrogens (tertiary/aromatic N) is 1. The molecule has 1 amide bonds. The highest BCUT2D eigenvalue weighted by molar-refractivity contribution is 7.91. The largest absolute Gasteiger partial charge is 0.481 e. The van der Waals surface area contributed by atoms with Crippen LogP contribution >= 0.6 is 0 Å². The van der Waals surface area contributed by atoms with Crippen LogP contribution in [0.25, 0.3) is 0 Å². The van der Waals surface area contributed by atoms with Gasteiger partial charge in [-0.05, 0) is 31.5 Å². The smallest absolute Gasteiger partial charge is 0.263 e. The van der Waals surface area contributed by atoms with E-state index in [-0.39, 0.29) is 36.7 Å². The fourth-order valence-corrected chi connectivity index (χ4v) is 5.06. The number of sulfone groups is 1. The van der Waals surface area contributed by atoms with E-state index >= 15 is 0 Å². The van der Waals surface area contributed by atoms with Crippen molar-refractivity contribution in [2.24, 2.45) is 0 Å². The molecular formula is C20H22FNO4S. The van der Waals surface area contributed by atoms with E-state index in [1.54, 1.807) is 25.1 Å². The van der Waals surface area contributed by atoms with Crippen molar-refractivity contribution in [2.45, 2.75) is 24.7 Å². The van der Waals surface area contributed by atoms with Crippen molar-refractivity contribution >= 4 is 15.7 Å². The zero-order chi connectivity index (χ0) is 19.4. The first kappa shape index (κ1) is 19.4. The summed E-state index contributed by atoms with van der Waals surface area (Å²) in [6, 6.07) is 14.9. The molecule has 2 unspecified atom stereocenters. The third-order valence-corrected chi connectivity index (χ3v) is 6.82. The molecule has 2 atom stereocenters. The Bertz CT molecular complexity index is 901. The standard InChI is InChI=1S/C20H22FNO4S/c1-15(26-16-7-3-2-4-8-16)20(23)22-12-11-19(27(24,25)14-13-22)17-9-5-6-10-18(17)21/h2-10,15,19H,11-14H2,1H3. The number of para-hydroxylation sites is 1. The first-order chi connectivity index (χ1) is 12.9. The minimum Gasteiger partial charge on any atom is -0.481 e. The minimum atomic E-state index is -3.56. The van der Waals surface area contributed by atoms with Gasteiger partial charge in [-0.25, -0.2) is 12.8 Å². The summed E-state index contributed by atoms with van der Waals surface area (Å²) in [5.74, 6) is -0.435. The molecule has 1 fully saturated rings. The first-order valence-corrected chi connectivity index (χ1v) is 10.6. The maximum absolute atomic E-state index is 14.1. The summed E-state index contributed by atoms with van der Waals surface area (Å²) >= 11 is 0. The molecule has 0 radical (unpaired) electrons. The van der Waals surface area contributed by atoms with E-state index in [1.165, 1.54) is 23.1 Å². The molecule has 0 aromatic heterocycles. The Balaban J connectivity index is 1.73. The van der Waals surface area contributed by atoms with Gasteiger partial charge in [-0.1, -0.05) is 36.4 Å². The van der Waals surface area contributed by atoms with E-state index in [0.717, 1.165) is 0 Å². The van der Waals surface area contributed by atoms with E-state index in [2.05, 4.69) is 0 Å². The van der Waals surface area contributed by atoms with Crippen LogP contribution in [0.5, 0.6) is 5.75 Å². The number of halogens is 1. The van der Waals surface area contributed by atoms with Gasteiger partial charge in [0, 0.05) is 18.7 Å². The van der Waals surface area contributed by atoms with Crippen molar-refractivity contribution in [1.82, 2.24) is 4.90 Å². The lowest BCUT2D eigenvalue weighted by atomic mass is 10.1. The lowest BCUT2D eigenvalue weighted by Gasteiger charge is -2.24. The van der Waals surface area contributed by atoms with Crippen LogP contribution in [0.2, 0.25) is 0 Å². The second-order valence-corrected chi connectivity index (χ2v) is 8.87. The molecule has 0 aliphatic carbocycles. The summed E-state index contributed by atoms with van der Waals surface area (Å²) in [5, 5.41) is -0.943. The highest BCUT2D eigenvalue weighted by Gasteiger charge is 2.35. The Morgan fingerprint density at radius 3 is 2.48 bits per heavy atom. The van der Waals surface area contributed by atoms with Crippen LogP contribution in [0.4, 0.5) is 4.39 Å². The van der Waals surface area contributed by atoms with Crippen LogP contribution in [0.15, 0.2) is 54.6 Å². The van der Waals surface area contributed by atoms with Gasteiger partial charge in [-0.15, -0.1) is 0 Å². The summed E-state index contributed by atoms with van der Waals surface area (Å²) in [6.45, 7) is 1.96. The zero-order valence-electron chi connectivity index (χ0n) is 15.0. The second-order valence-electron chi connectivity index (χ2n) is 6.56.